The quantitative estimate of drug-likeness (QED) is 0.721. The predicted octanol–water partition coefficient (Wildman–Crippen LogP) is 3.13. The predicted molar refractivity (Wildman–Crippen MR) is 73.3 cm³/mol. The number of Topliss-reactive ketones (excluding diaryl/α,β-unsaturated/α-hetero) is 1. The summed E-state index contributed by atoms with van der Waals surface area (Å²) in [5, 5.41) is 0. The van der Waals surface area contributed by atoms with E-state index in [1.165, 1.54) is 0 Å². The van der Waals surface area contributed by atoms with Crippen molar-refractivity contribution in [3.63, 3.8) is 0 Å². The van der Waals surface area contributed by atoms with Gasteiger partial charge in [0.2, 0.25) is 5.91 Å². The molecule has 1 aliphatic heterocycles. The van der Waals surface area contributed by atoms with Crippen molar-refractivity contribution in [2.45, 2.75) is 20.3 Å². The molecule has 17 heavy (non-hydrogen) atoms. The van der Waals surface area contributed by atoms with E-state index in [0.717, 1.165) is 25.8 Å². The van der Waals surface area contributed by atoms with E-state index in [1.807, 2.05) is 19.9 Å². The molecule has 0 aromatic heterocycles. The fraction of sp³-hybridized carbons (Fsp3) is 0.333. The van der Waals surface area contributed by atoms with Gasteiger partial charge in [0.25, 0.3) is 0 Å². The van der Waals surface area contributed by atoms with E-state index in [4.69, 9.17) is 0 Å². The zero-order valence-electron chi connectivity index (χ0n) is 9.51. The largest absolute Gasteiger partial charge is 0.303 e. The van der Waals surface area contributed by atoms with Crippen molar-refractivity contribution in [3.05, 3.63) is 26.1 Å². The summed E-state index contributed by atoms with van der Waals surface area (Å²) in [5.41, 5.74) is 2.86. The number of anilines is 1. The number of carbonyl (C=O) groups is 2. The summed E-state index contributed by atoms with van der Waals surface area (Å²) in [6.07, 6.45) is 0.0145. The van der Waals surface area contributed by atoms with Crippen LogP contribution in [0.5, 0.6) is 0 Å². The third-order valence-electron chi connectivity index (χ3n) is 2.86. The molecule has 5 heteroatoms. The van der Waals surface area contributed by atoms with Crippen molar-refractivity contribution in [3.8, 4) is 0 Å². The second-order valence-electron chi connectivity index (χ2n) is 4.16. The van der Waals surface area contributed by atoms with Gasteiger partial charge in [-0.05, 0) is 47.0 Å². The van der Waals surface area contributed by atoms with Gasteiger partial charge in [0.1, 0.15) is 0 Å². The fourth-order valence-electron chi connectivity index (χ4n) is 1.92. The highest BCUT2D eigenvalue weighted by atomic mass is 79.9. The lowest BCUT2D eigenvalue weighted by Crippen LogP contribution is -2.25. The third kappa shape index (κ3) is 2.18. The highest BCUT2D eigenvalue weighted by molar-refractivity contribution is 9.11. The van der Waals surface area contributed by atoms with Crippen molar-refractivity contribution in [2.24, 2.45) is 0 Å². The molecule has 1 heterocycles. The van der Waals surface area contributed by atoms with Crippen molar-refractivity contribution < 1.29 is 9.59 Å². The van der Waals surface area contributed by atoms with E-state index >= 15 is 0 Å². The lowest BCUT2D eigenvalue weighted by Gasteiger charge is -2.19. The number of amides is 1. The molecule has 1 fully saturated rings. The Morgan fingerprint density at radius 1 is 1.18 bits per heavy atom. The first-order valence-corrected chi connectivity index (χ1v) is 6.77. The molecule has 0 aliphatic carbocycles. The number of nitrogens with zero attached hydrogens (tertiary/aromatic N) is 1. The number of aryl methyl sites for hydroxylation is 1. The molecule has 0 spiro atoms. The number of hydrogen-bond donors (Lipinski definition) is 0. The van der Waals surface area contributed by atoms with Gasteiger partial charge in [0.05, 0.1) is 18.7 Å². The summed E-state index contributed by atoms with van der Waals surface area (Å²) in [5.74, 6) is -0.156. The molecule has 1 aromatic rings. The van der Waals surface area contributed by atoms with Gasteiger partial charge in [-0.3, -0.25) is 9.59 Å². The molecule has 1 aliphatic rings. The number of halogens is 2. The number of ketones is 1. The van der Waals surface area contributed by atoms with E-state index < -0.39 is 0 Å². The van der Waals surface area contributed by atoms with Gasteiger partial charge in [-0.15, -0.1) is 0 Å². The molecule has 0 bridgehead atoms. The first-order valence-electron chi connectivity index (χ1n) is 5.19. The first-order chi connectivity index (χ1) is 7.91. The first kappa shape index (κ1) is 12.8. The molecule has 1 amide bonds. The van der Waals surface area contributed by atoms with E-state index in [0.29, 0.717) is 0 Å². The SMILES string of the molecule is Cc1cc(N2CC(=O)CC2=O)c(Br)c(C)c1Br. The maximum Gasteiger partial charge on any atom is 0.234 e. The van der Waals surface area contributed by atoms with Gasteiger partial charge in [-0.2, -0.15) is 0 Å². The number of carbonyl (C=O) groups excluding carboxylic acids is 2. The number of rotatable bonds is 1. The Balaban J connectivity index is 2.53. The van der Waals surface area contributed by atoms with Crippen molar-refractivity contribution >= 4 is 49.2 Å². The van der Waals surface area contributed by atoms with Crippen LogP contribution in [-0.2, 0) is 9.59 Å². The second kappa shape index (κ2) is 4.53. The molecule has 90 valence electrons. The Bertz CT molecular complexity index is 526. The average molecular weight is 361 g/mol. The average Bonchev–Trinajstić information content (AvgIpc) is 2.60. The van der Waals surface area contributed by atoms with Crippen molar-refractivity contribution in [2.75, 3.05) is 11.4 Å². The Morgan fingerprint density at radius 3 is 2.35 bits per heavy atom. The summed E-state index contributed by atoms with van der Waals surface area (Å²) < 4.78 is 1.88. The fourth-order valence-corrected chi connectivity index (χ4v) is 3.02. The maximum atomic E-state index is 11.7. The standard InChI is InChI=1S/C12H11Br2NO2/c1-6-3-9(12(14)7(2)11(6)13)15-5-8(16)4-10(15)17/h3H,4-5H2,1-2H3. The molecule has 1 aromatic carbocycles. The van der Waals surface area contributed by atoms with Crippen LogP contribution < -0.4 is 4.90 Å². The number of benzene rings is 1. The summed E-state index contributed by atoms with van der Waals surface area (Å²) in [6.45, 7) is 4.11. The Kier molecular flexibility index (Phi) is 3.41. The summed E-state index contributed by atoms with van der Waals surface area (Å²) in [4.78, 5) is 24.6. The molecule has 0 N–H and O–H groups in total. The van der Waals surface area contributed by atoms with Gasteiger partial charge in [0, 0.05) is 8.95 Å². The van der Waals surface area contributed by atoms with E-state index in [1.54, 1.807) is 4.90 Å². The molecule has 0 atom stereocenters. The molecule has 1 saturated heterocycles. The Labute approximate surface area is 116 Å². The lowest BCUT2D eigenvalue weighted by atomic mass is 10.1. The third-order valence-corrected chi connectivity index (χ3v) is 5.08. The highest BCUT2D eigenvalue weighted by Crippen LogP contribution is 2.37. The molecule has 0 radical (unpaired) electrons. The van der Waals surface area contributed by atoms with Crippen LogP contribution in [0.4, 0.5) is 5.69 Å². The molecule has 2 rings (SSSR count). The van der Waals surface area contributed by atoms with Crippen LogP contribution in [0.2, 0.25) is 0 Å². The van der Waals surface area contributed by atoms with Gasteiger partial charge in [-0.25, -0.2) is 0 Å². The highest BCUT2D eigenvalue weighted by Gasteiger charge is 2.30. The monoisotopic (exact) mass is 359 g/mol. The Morgan fingerprint density at radius 2 is 1.82 bits per heavy atom. The van der Waals surface area contributed by atoms with Gasteiger partial charge >= 0.3 is 0 Å². The van der Waals surface area contributed by atoms with Crippen LogP contribution in [0, 0.1) is 13.8 Å². The molecule has 0 saturated carbocycles. The normalized spacial score (nSPS) is 15.9. The summed E-state index contributed by atoms with van der Waals surface area (Å²) in [6, 6.07) is 1.91. The zero-order valence-corrected chi connectivity index (χ0v) is 12.7. The Hall–Kier alpha value is -0.680. The molecular formula is C12H11Br2NO2. The van der Waals surface area contributed by atoms with Crippen LogP contribution >= 0.6 is 31.9 Å². The lowest BCUT2D eigenvalue weighted by molar-refractivity contribution is -0.121. The van der Waals surface area contributed by atoms with E-state index in [9.17, 15) is 9.59 Å². The maximum absolute atomic E-state index is 11.7. The van der Waals surface area contributed by atoms with Crippen molar-refractivity contribution in [1.82, 2.24) is 0 Å². The minimum atomic E-state index is -0.128. The minimum absolute atomic E-state index is 0.0145. The second-order valence-corrected chi connectivity index (χ2v) is 5.75. The van der Waals surface area contributed by atoms with Crippen LogP contribution in [0.25, 0.3) is 0 Å². The topological polar surface area (TPSA) is 37.4 Å². The van der Waals surface area contributed by atoms with Crippen LogP contribution in [0.3, 0.4) is 0 Å². The zero-order chi connectivity index (χ0) is 12.7. The van der Waals surface area contributed by atoms with Gasteiger partial charge < -0.3 is 4.90 Å². The summed E-state index contributed by atoms with van der Waals surface area (Å²) >= 11 is 6.99. The van der Waals surface area contributed by atoms with Gasteiger partial charge in [0.15, 0.2) is 5.78 Å². The van der Waals surface area contributed by atoms with Crippen LogP contribution in [-0.4, -0.2) is 18.2 Å². The van der Waals surface area contributed by atoms with Crippen molar-refractivity contribution in [1.29, 1.82) is 0 Å². The smallest absolute Gasteiger partial charge is 0.234 e. The van der Waals surface area contributed by atoms with Crippen LogP contribution in [0.1, 0.15) is 17.5 Å². The molecule has 0 unspecified atom stereocenters. The minimum Gasteiger partial charge on any atom is -0.303 e. The molecule has 3 nitrogen and oxygen atoms in total. The number of hydrogen-bond acceptors (Lipinski definition) is 2. The summed E-state index contributed by atoms with van der Waals surface area (Å²) in [7, 11) is 0. The van der Waals surface area contributed by atoms with Crippen LogP contribution in [0.15, 0.2) is 15.0 Å². The molecular weight excluding hydrogens is 350 g/mol. The van der Waals surface area contributed by atoms with E-state index in [2.05, 4.69) is 31.9 Å². The van der Waals surface area contributed by atoms with Gasteiger partial charge in [-0.1, -0.05) is 15.9 Å². The van der Waals surface area contributed by atoms with E-state index in [-0.39, 0.29) is 24.7 Å².